The number of ether oxygens (including phenoxy) is 1. The lowest BCUT2D eigenvalue weighted by atomic mass is 9.86. The summed E-state index contributed by atoms with van der Waals surface area (Å²) in [5.41, 5.74) is 5.67. The summed E-state index contributed by atoms with van der Waals surface area (Å²) in [6.07, 6.45) is 0. The summed E-state index contributed by atoms with van der Waals surface area (Å²) < 4.78 is 5.30. The van der Waals surface area contributed by atoms with Gasteiger partial charge in [-0.25, -0.2) is 0 Å². The van der Waals surface area contributed by atoms with Crippen LogP contribution in [0.1, 0.15) is 27.7 Å². The molecule has 6 heteroatoms. The van der Waals surface area contributed by atoms with Crippen LogP contribution in [-0.4, -0.2) is 55.1 Å². The second-order valence-corrected chi connectivity index (χ2v) is 5.86. The molecule has 2 atom stereocenters. The van der Waals surface area contributed by atoms with Crippen LogP contribution in [0.5, 0.6) is 0 Å². The van der Waals surface area contributed by atoms with Crippen LogP contribution in [0.2, 0.25) is 0 Å². The van der Waals surface area contributed by atoms with E-state index in [2.05, 4.69) is 5.32 Å². The Morgan fingerprint density at radius 2 is 2.11 bits per heavy atom. The van der Waals surface area contributed by atoms with E-state index in [0.717, 1.165) is 0 Å². The van der Waals surface area contributed by atoms with Gasteiger partial charge in [0.05, 0.1) is 19.3 Å². The number of likely N-dealkylation sites (N-methyl/N-ethyl adjacent to an activating group) is 1. The number of hydrogen-bond donors (Lipinski definition) is 2. The van der Waals surface area contributed by atoms with Crippen LogP contribution in [-0.2, 0) is 14.3 Å². The molecule has 1 fully saturated rings. The molecule has 1 saturated heterocycles. The van der Waals surface area contributed by atoms with E-state index in [1.54, 1.807) is 4.90 Å². The van der Waals surface area contributed by atoms with Crippen LogP contribution in [0.15, 0.2) is 0 Å². The lowest BCUT2D eigenvalue weighted by molar-refractivity contribution is -0.151. The van der Waals surface area contributed by atoms with Gasteiger partial charge in [-0.1, -0.05) is 20.8 Å². The van der Waals surface area contributed by atoms with Gasteiger partial charge in [-0.15, -0.1) is 0 Å². The number of morpholine rings is 1. The van der Waals surface area contributed by atoms with Crippen molar-refractivity contribution in [2.75, 3.05) is 26.3 Å². The third-order valence-corrected chi connectivity index (χ3v) is 3.26. The second-order valence-electron chi connectivity index (χ2n) is 5.86. The predicted molar refractivity (Wildman–Crippen MR) is 72.4 cm³/mol. The Morgan fingerprint density at radius 3 is 2.63 bits per heavy atom. The molecular weight excluding hydrogens is 246 g/mol. The molecule has 110 valence electrons. The number of nitrogens with two attached hydrogens (primary N) is 1. The number of nitrogens with zero attached hydrogens (tertiary/aromatic N) is 1. The summed E-state index contributed by atoms with van der Waals surface area (Å²) in [5.74, 6) is -0.372. The van der Waals surface area contributed by atoms with Gasteiger partial charge in [0.1, 0.15) is 6.04 Å². The molecule has 0 aromatic heterocycles. The molecule has 6 nitrogen and oxygen atoms in total. The smallest absolute Gasteiger partial charge is 0.245 e. The van der Waals surface area contributed by atoms with Gasteiger partial charge in [-0.2, -0.15) is 0 Å². The first-order valence-electron chi connectivity index (χ1n) is 6.70. The van der Waals surface area contributed by atoms with E-state index in [1.165, 1.54) is 0 Å². The zero-order valence-electron chi connectivity index (χ0n) is 12.2. The molecule has 0 aliphatic carbocycles. The number of nitrogens with one attached hydrogen (secondary N) is 1. The number of hydrogen-bond acceptors (Lipinski definition) is 4. The Hall–Kier alpha value is -1.14. The molecule has 3 N–H and O–H groups in total. The molecule has 0 aromatic carbocycles. The van der Waals surface area contributed by atoms with E-state index < -0.39 is 12.1 Å². The number of amides is 2. The van der Waals surface area contributed by atoms with Crippen molar-refractivity contribution in [1.29, 1.82) is 0 Å². The highest BCUT2D eigenvalue weighted by molar-refractivity contribution is 5.90. The minimum Gasteiger partial charge on any atom is -0.377 e. The number of carbonyl (C=O) groups excluding carboxylic acids is 2. The monoisotopic (exact) mass is 271 g/mol. The minimum atomic E-state index is -0.623. The maximum atomic E-state index is 12.4. The average molecular weight is 271 g/mol. The molecule has 2 amide bonds. The van der Waals surface area contributed by atoms with Gasteiger partial charge in [-0.05, 0) is 12.3 Å². The summed E-state index contributed by atoms with van der Waals surface area (Å²) in [4.78, 5) is 25.9. The topological polar surface area (TPSA) is 84.7 Å². The Bertz CT molecular complexity index is 339. The SMILES string of the molecule is CCNC(=O)C1COCCN1C(=O)C(N)C(C)(C)C. The Labute approximate surface area is 114 Å². The normalized spacial score (nSPS) is 21.9. The van der Waals surface area contributed by atoms with E-state index in [9.17, 15) is 9.59 Å². The fraction of sp³-hybridized carbons (Fsp3) is 0.846. The summed E-state index contributed by atoms with van der Waals surface area (Å²) in [6, 6.07) is -1.20. The average Bonchev–Trinajstić information content (AvgIpc) is 2.36. The van der Waals surface area contributed by atoms with Gasteiger partial charge in [-0.3, -0.25) is 9.59 Å². The van der Waals surface area contributed by atoms with E-state index in [-0.39, 0.29) is 23.8 Å². The van der Waals surface area contributed by atoms with Gasteiger partial charge in [0.25, 0.3) is 0 Å². The van der Waals surface area contributed by atoms with Crippen molar-refractivity contribution in [3.05, 3.63) is 0 Å². The van der Waals surface area contributed by atoms with E-state index in [0.29, 0.717) is 19.7 Å². The third kappa shape index (κ3) is 3.91. The van der Waals surface area contributed by atoms with Crippen molar-refractivity contribution >= 4 is 11.8 Å². The molecule has 0 radical (unpaired) electrons. The first-order valence-corrected chi connectivity index (χ1v) is 6.70. The summed E-state index contributed by atoms with van der Waals surface area (Å²) in [6.45, 7) is 9.19. The molecule has 0 saturated carbocycles. The Kier molecular flexibility index (Phi) is 5.31. The van der Waals surface area contributed by atoms with Crippen molar-refractivity contribution in [2.24, 2.45) is 11.1 Å². The minimum absolute atomic E-state index is 0.184. The zero-order valence-corrected chi connectivity index (χ0v) is 12.2. The highest BCUT2D eigenvalue weighted by Crippen LogP contribution is 2.21. The van der Waals surface area contributed by atoms with Crippen LogP contribution < -0.4 is 11.1 Å². The van der Waals surface area contributed by atoms with E-state index >= 15 is 0 Å². The fourth-order valence-corrected chi connectivity index (χ4v) is 1.93. The highest BCUT2D eigenvalue weighted by Gasteiger charge is 2.38. The van der Waals surface area contributed by atoms with Gasteiger partial charge >= 0.3 is 0 Å². The molecule has 1 rings (SSSR count). The van der Waals surface area contributed by atoms with Crippen molar-refractivity contribution in [1.82, 2.24) is 10.2 Å². The van der Waals surface area contributed by atoms with Crippen molar-refractivity contribution < 1.29 is 14.3 Å². The van der Waals surface area contributed by atoms with Crippen molar-refractivity contribution in [3.8, 4) is 0 Å². The number of carbonyl (C=O) groups is 2. The standard InChI is InChI=1S/C13H25N3O3/c1-5-15-11(17)9-8-19-7-6-16(9)12(18)10(14)13(2,3)4/h9-10H,5-8,14H2,1-4H3,(H,15,17). The van der Waals surface area contributed by atoms with Crippen LogP contribution in [0.4, 0.5) is 0 Å². The zero-order chi connectivity index (χ0) is 14.6. The second kappa shape index (κ2) is 6.34. The van der Waals surface area contributed by atoms with Crippen molar-refractivity contribution in [2.45, 2.75) is 39.8 Å². The van der Waals surface area contributed by atoms with Gasteiger partial charge in [0.2, 0.25) is 11.8 Å². The van der Waals surface area contributed by atoms with Crippen LogP contribution >= 0.6 is 0 Å². The lowest BCUT2D eigenvalue weighted by Gasteiger charge is -2.38. The third-order valence-electron chi connectivity index (χ3n) is 3.26. The first-order chi connectivity index (χ1) is 8.79. The maximum absolute atomic E-state index is 12.4. The van der Waals surface area contributed by atoms with Crippen LogP contribution in [0, 0.1) is 5.41 Å². The largest absolute Gasteiger partial charge is 0.377 e. The quantitative estimate of drug-likeness (QED) is 0.739. The van der Waals surface area contributed by atoms with Crippen LogP contribution in [0.3, 0.4) is 0 Å². The predicted octanol–water partition coefficient (Wildman–Crippen LogP) is -0.277. The van der Waals surface area contributed by atoms with Crippen LogP contribution in [0.25, 0.3) is 0 Å². The maximum Gasteiger partial charge on any atom is 0.245 e. The summed E-state index contributed by atoms with van der Waals surface area (Å²) in [7, 11) is 0. The molecule has 1 heterocycles. The van der Waals surface area contributed by atoms with Gasteiger partial charge < -0.3 is 20.7 Å². The molecular formula is C13H25N3O3. The lowest BCUT2D eigenvalue weighted by Crippen LogP contribution is -2.61. The molecule has 2 unspecified atom stereocenters. The summed E-state index contributed by atoms with van der Waals surface area (Å²) >= 11 is 0. The summed E-state index contributed by atoms with van der Waals surface area (Å²) in [5, 5.41) is 2.72. The molecule has 19 heavy (non-hydrogen) atoms. The number of rotatable bonds is 3. The van der Waals surface area contributed by atoms with Crippen molar-refractivity contribution in [3.63, 3.8) is 0 Å². The van der Waals surface area contributed by atoms with Gasteiger partial charge in [0, 0.05) is 13.1 Å². The Morgan fingerprint density at radius 1 is 1.47 bits per heavy atom. The first kappa shape index (κ1) is 15.9. The molecule has 1 aliphatic rings. The highest BCUT2D eigenvalue weighted by atomic mass is 16.5. The fourth-order valence-electron chi connectivity index (χ4n) is 1.93. The molecule has 0 spiro atoms. The molecule has 0 bridgehead atoms. The van der Waals surface area contributed by atoms with Gasteiger partial charge in [0.15, 0.2) is 0 Å². The molecule has 1 aliphatic heterocycles. The molecule has 0 aromatic rings. The van der Waals surface area contributed by atoms with E-state index in [1.807, 2.05) is 27.7 Å². The Balaban J connectivity index is 2.82. The van der Waals surface area contributed by atoms with E-state index in [4.69, 9.17) is 10.5 Å².